The van der Waals surface area contributed by atoms with Gasteiger partial charge in [-0.3, -0.25) is 4.84 Å². The third kappa shape index (κ3) is 6.23. The number of hydroxylamine groups is 1. The highest BCUT2D eigenvalue weighted by molar-refractivity contribution is 5.69. The van der Waals surface area contributed by atoms with E-state index in [0.717, 1.165) is 25.1 Å². The van der Waals surface area contributed by atoms with Crippen molar-refractivity contribution in [2.75, 3.05) is 61.7 Å². The molecule has 1 N–H and O–H groups in total. The maximum atomic E-state index is 13.0. The summed E-state index contributed by atoms with van der Waals surface area (Å²) in [5.74, 6) is 1.25. The fourth-order valence-electron chi connectivity index (χ4n) is 4.53. The number of anilines is 4. The number of rotatable bonds is 7. The molecule has 2 aromatic carbocycles. The van der Waals surface area contributed by atoms with E-state index in [4.69, 9.17) is 9.57 Å². The van der Waals surface area contributed by atoms with Crippen LogP contribution >= 0.6 is 0 Å². The molecule has 37 heavy (non-hydrogen) atoms. The molecule has 11 heteroatoms. The number of nitrogens with zero attached hydrogens (tertiary/aromatic N) is 5. The van der Waals surface area contributed by atoms with E-state index < -0.39 is 12.8 Å². The summed E-state index contributed by atoms with van der Waals surface area (Å²) in [5, 5.41) is 4.95. The number of alkyl halides is 3. The van der Waals surface area contributed by atoms with E-state index in [1.54, 1.807) is 23.3 Å². The zero-order chi connectivity index (χ0) is 25.8. The molecule has 3 aromatic rings. The van der Waals surface area contributed by atoms with E-state index in [9.17, 15) is 13.2 Å². The molecule has 196 valence electrons. The van der Waals surface area contributed by atoms with Crippen molar-refractivity contribution in [3.8, 4) is 5.75 Å². The number of benzene rings is 2. The molecule has 0 amide bonds. The zero-order valence-electron chi connectivity index (χ0n) is 20.5. The minimum absolute atomic E-state index is 0.0224. The molecule has 0 spiro atoms. The Labute approximate surface area is 213 Å². The molecule has 0 aliphatic carbocycles. The minimum atomic E-state index is -4.44. The van der Waals surface area contributed by atoms with Gasteiger partial charge in [-0.25, -0.2) is 15.0 Å². The maximum Gasteiger partial charge on any atom is 0.422 e. The Bertz CT molecular complexity index is 1190. The lowest BCUT2D eigenvalue weighted by Crippen LogP contribution is -2.44. The van der Waals surface area contributed by atoms with Gasteiger partial charge < -0.3 is 19.9 Å². The highest BCUT2D eigenvalue weighted by Gasteiger charge is 2.30. The lowest BCUT2D eigenvalue weighted by molar-refractivity contribution is -0.153. The van der Waals surface area contributed by atoms with E-state index in [1.807, 2.05) is 36.2 Å². The van der Waals surface area contributed by atoms with Crippen molar-refractivity contribution >= 4 is 23.0 Å². The summed E-state index contributed by atoms with van der Waals surface area (Å²) in [4.78, 5) is 18.8. The monoisotopic (exact) mass is 514 g/mol. The van der Waals surface area contributed by atoms with Gasteiger partial charge in [0.2, 0.25) is 0 Å². The first kappa shape index (κ1) is 25.1. The maximum absolute atomic E-state index is 13.0. The van der Waals surface area contributed by atoms with E-state index in [2.05, 4.69) is 32.3 Å². The van der Waals surface area contributed by atoms with Crippen LogP contribution in [0.25, 0.3) is 0 Å². The summed E-state index contributed by atoms with van der Waals surface area (Å²) in [6.45, 7) is 2.27. The van der Waals surface area contributed by atoms with Crippen molar-refractivity contribution < 1.29 is 22.7 Å². The Hall–Kier alpha value is -3.57. The quantitative estimate of drug-likeness (QED) is 0.483. The molecule has 1 unspecified atom stereocenters. The van der Waals surface area contributed by atoms with Crippen LogP contribution in [0.2, 0.25) is 0 Å². The van der Waals surface area contributed by atoms with Crippen LogP contribution in [0.3, 0.4) is 0 Å². The zero-order valence-corrected chi connectivity index (χ0v) is 20.5. The molecule has 2 aliphatic rings. The second kappa shape index (κ2) is 10.8. The number of hydrogen-bond acceptors (Lipinski definition) is 8. The molecule has 0 bridgehead atoms. The van der Waals surface area contributed by atoms with E-state index in [1.165, 1.54) is 6.33 Å². The predicted molar refractivity (Wildman–Crippen MR) is 135 cm³/mol. The van der Waals surface area contributed by atoms with Gasteiger partial charge in [0.15, 0.2) is 12.4 Å². The predicted octanol–water partition coefficient (Wildman–Crippen LogP) is 4.80. The largest absolute Gasteiger partial charge is 0.482 e. The first-order valence-corrected chi connectivity index (χ1v) is 12.2. The molecular formula is C26H29F3N6O2. The van der Waals surface area contributed by atoms with E-state index in [0.29, 0.717) is 42.7 Å². The van der Waals surface area contributed by atoms with Crippen molar-refractivity contribution in [3.05, 3.63) is 66.5 Å². The lowest BCUT2D eigenvalue weighted by Gasteiger charge is -2.35. The first-order chi connectivity index (χ1) is 17.9. The van der Waals surface area contributed by atoms with Crippen LogP contribution in [0.15, 0.2) is 60.9 Å². The first-order valence-electron chi connectivity index (χ1n) is 12.2. The van der Waals surface area contributed by atoms with Gasteiger partial charge in [0.25, 0.3) is 0 Å². The fourth-order valence-corrected chi connectivity index (χ4v) is 4.53. The normalized spacial score (nSPS) is 18.8. The molecule has 0 radical (unpaired) electrons. The number of halogens is 3. The van der Waals surface area contributed by atoms with Crippen molar-refractivity contribution in [1.29, 1.82) is 0 Å². The number of ether oxygens (including phenoxy) is 1. The average Bonchev–Trinajstić information content (AvgIpc) is 3.39. The topological polar surface area (TPSA) is 66.0 Å². The van der Waals surface area contributed by atoms with E-state index >= 15 is 0 Å². The van der Waals surface area contributed by atoms with Gasteiger partial charge in [0, 0.05) is 50.4 Å². The van der Waals surface area contributed by atoms with Crippen LogP contribution in [0.1, 0.15) is 18.0 Å². The standard InChI is InChI=1S/C26H29F3N6O2/c1-33-10-12-34(13-11-33)22-8-7-20(15-23(22)36-17-26(27,28)29)32-24-16-25(31-18-30-24)35-21(9-14-37-35)19-5-3-2-4-6-19/h2-8,15-16,18,21H,9-14,17H2,1H3,(H,30,31,32). The smallest absolute Gasteiger partial charge is 0.422 e. The molecule has 2 saturated heterocycles. The molecule has 0 saturated carbocycles. The highest BCUT2D eigenvalue weighted by Crippen LogP contribution is 2.36. The molecule has 2 fully saturated rings. The Balaban J connectivity index is 1.36. The van der Waals surface area contributed by atoms with Crippen LogP contribution in [0.4, 0.5) is 36.2 Å². The van der Waals surface area contributed by atoms with Crippen molar-refractivity contribution in [1.82, 2.24) is 14.9 Å². The van der Waals surface area contributed by atoms with Gasteiger partial charge in [0.1, 0.15) is 17.9 Å². The second-order valence-corrected chi connectivity index (χ2v) is 9.14. The lowest BCUT2D eigenvalue weighted by atomic mass is 10.0. The van der Waals surface area contributed by atoms with Gasteiger partial charge in [-0.15, -0.1) is 0 Å². The second-order valence-electron chi connectivity index (χ2n) is 9.14. The minimum Gasteiger partial charge on any atom is -0.482 e. The van der Waals surface area contributed by atoms with Gasteiger partial charge in [0.05, 0.1) is 18.3 Å². The Morgan fingerprint density at radius 2 is 1.81 bits per heavy atom. The number of likely N-dealkylation sites (N-methyl/N-ethyl adjacent to an activating group) is 1. The molecular weight excluding hydrogens is 485 g/mol. The molecule has 2 aliphatic heterocycles. The van der Waals surface area contributed by atoms with Crippen LogP contribution in [0, 0.1) is 0 Å². The summed E-state index contributed by atoms with van der Waals surface area (Å²) < 4.78 is 44.1. The van der Waals surface area contributed by atoms with Crippen LogP contribution in [0.5, 0.6) is 5.75 Å². The number of aromatic nitrogens is 2. The van der Waals surface area contributed by atoms with Crippen molar-refractivity contribution in [2.24, 2.45) is 0 Å². The number of hydrogen-bond donors (Lipinski definition) is 1. The van der Waals surface area contributed by atoms with Crippen LogP contribution in [-0.2, 0) is 4.84 Å². The van der Waals surface area contributed by atoms with Crippen LogP contribution < -0.4 is 20.0 Å². The summed E-state index contributed by atoms with van der Waals surface area (Å²) in [7, 11) is 2.02. The third-order valence-corrected chi connectivity index (χ3v) is 6.44. The summed E-state index contributed by atoms with van der Waals surface area (Å²) in [6, 6.07) is 17.0. The van der Waals surface area contributed by atoms with Crippen LogP contribution in [-0.4, -0.2) is 67.5 Å². The summed E-state index contributed by atoms with van der Waals surface area (Å²) >= 11 is 0. The Kier molecular flexibility index (Phi) is 7.33. The number of nitrogens with one attached hydrogen (secondary N) is 1. The molecule has 1 aromatic heterocycles. The summed E-state index contributed by atoms with van der Waals surface area (Å²) in [5.41, 5.74) is 2.32. The molecule has 1 atom stereocenters. The summed E-state index contributed by atoms with van der Waals surface area (Å²) in [6.07, 6.45) is -2.18. The molecule has 3 heterocycles. The SMILES string of the molecule is CN1CCN(c2ccc(Nc3cc(N4OCCC4c4ccccc4)ncn3)cc2OCC(F)(F)F)CC1. The van der Waals surface area contributed by atoms with E-state index in [-0.39, 0.29) is 11.8 Å². The van der Waals surface area contributed by atoms with Gasteiger partial charge >= 0.3 is 6.18 Å². The highest BCUT2D eigenvalue weighted by atomic mass is 19.4. The Morgan fingerprint density at radius 3 is 2.57 bits per heavy atom. The van der Waals surface area contributed by atoms with Gasteiger partial charge in [-0.2, -0.15) is 13.2 Å². The number of piperazine rings is 1. The fraction of sp³-hybridized carbons (Fsp3) is 0.385. The van der Waals surface area contributed by atoms with Crippen molar-refractivity contribution in [2.45, 2.75) is 18.6 Å². The van der Waals surface area contributed by atoms with Crippen molar-refractivity contribution in [3.63, 3.8) is 0 Å². The molecule has 8 nitrogen and oxygen atoms in total. The molecule has 5 rings (SSSR count). The Morgan fingerprint density at radius 1 is 1.03 bits per heavy atom. The van der Waals surface area contributed by atoms with Gasteiger partial charge in [-0.05, 0) is 24.7 Å². The van der Waals surface area contributed by atoms with Gasteiger partial charge in [-0.1, -0.05) is 30.3 Å². The third-order valence-electron chi connectivity index (χ3n) is 6.44. The average molecular weight is 515 g/mol.